The Labute approximate surface area is 157 Å². The third-order valence-electron chi connectivity index (χ3n) is 4.19. The summed E-state index contributed by atoms with van der Waals surface area (Å²) in [6.07, 6.45) is 0. The first-order valence-electron chi connectivity index (χ1n) is 8.47. The van der Waals surface area contributed by atoms with E-state index >= 15 is 0 Å². The van der Waals surface area contributed by atoms with E-state index in [1.54, 1.807) is 24.0 Å². The van der Waals surface area contributed by atoms with Gasteiger partial charge in [0.05, 0.1) is 22.9 Å². The van der Waals surface area contributed by atoms with Gasteiger partial charge in [0.2, 0.25) is 5.91 Å². The summed E-state index contributed by atoms with van der Waals surface area (Å²) in [4.78, 5) is 25.9. The van der Waals surface area contributed by atoms with E-state index in [9.17, 15) is 18.0 Å². The molecule has 0 aliphatic carbocycles. The Kier molecular flexibility index (Phi) is 5.18. The Hall–Kier alpha value is -2.87. The van der Waals surface area contributed by atoms with Gasteiger partial charge in [0.25, 0.3) is 0 Å². The number of aryl methyl sites for hydroxylation is 1. The van der Waals surface area contributed by atoms with Crippen molar-refractivity contribution in [3.63, 3.8) is 0 Å². The summed E-state index contributed by atoms with van der Waals surface area (Å²) in [5, 5.41) is 2.79. The molecule has 1 N–H and O–H groups in total. The largest absolute Gasteiger partial charge is 0.423 e. The van der Waals surface area contributed by atoms with E-state index in [2.05, 4.69) is 5.32 Å². The molecule has 0 aromatic heterocycles. The van der Waals surface area contributed by atoms with Gasteiger partial charge in [-0.05, 0) is 36.8 Å². The molecule has 1 aliphatic rings. The number of anilines is 2. The smallest absolute Gasteiger partial charge is 0.331 e. The highest BCUT2D eigenvalue weighted by atomic mass is 32.2. The quantitative estimate of drug-likeness (QED) is 0.623. The lowest BCUT2D eigenvalue weighted by molar-refractivity contribution is -0.133. The van der Waals surface area contributed by atoms with Gasteiger partial charge in [-0.2, -0.15) is 0 Å². The minimum absolute atomic E-state index is 0.0532. The van der Waals surface area contributed by atoms with Crippen molar-refractivity contribution in [2.45, 2.75) is 18.7 Å². The van der Waals surface area contributed by atoms with Crippen LogP contribution in [0.25, 0.3) is 0 Å². The van der Waals surface area contributed by atoms with Crippen LogP contribution < -0.4 is 15.0 Å². The fourth-order valence-corrected chi connectivity index (χ4v) is 3.73. The number of carbonyl (C=O) groups excluding carboxylic acids is 2. The normalized spacial score (nSPS) is 13.7. The van der Waals surface area contributed by atoms with Crippen molar-refractivity contribution in [3.8, 4) is 5.75 Å². The maximum Gasteiger partial charge on any atom is 0.331 e. The molecule has 7 nitrogen and oxygen atoms in total. The Morgan fingerprint density at radius 1 is 1.22 bits per heavy atom. The molecule has 0 fully saturated rings. The summed E-state index contributed by atoms with van der Waals surface area (Å²) in [6, 6.07) is 11.7. The summed E-state index contributed by atoms with van der Waals surface area (Å²) in [6.45, 7) is 3.32. The number of nitrogens with one attached hydrogen (secondary N) is 1. The highest BCUT2D eigenvalue weighted by molar-refractivity contribution is 7.91. The Balaban J connectivity index is 1.81. The second-order valence-corrected chi connectivity index (χ2v) is 8.56. The van der Waals surface area contributed by atoms with Gasteiger partial charge in [-0.1, -0.05) is 19.1 Å². The maximum atomic E-state index is 12.4. The Bertz CT molecular complexity index is 1000. The molecule has 0 spiro atoms. The number of ether oxygens (including phenoxy) is 1. The molecule has 2 aromatic rings. The number of hydrogen-bond donors (Lipinski definition) is 1. The molecular formula is C19H20N2O5S. The predicted octanol–water partition coefficient (Wildman–Crippen LogP) is 2.15. The van der Waals surface area contributed by atoms with E-state index in [0.717, 1.165) is 5.56 Å². The van der Waals surface area contributed by atoms with Crippen molar-refractivity contribution in [2.24, 2.45) is 0 Å². The fourth-order valence-electron chi connectivity index (χ4n) is 2.83. The van der Waals surface area contributed by atoms with Crippen LogP contribution >= 0.6 is 0 Å². The van der Waals surface area contributed by atoms with Crippen LogP contribution in [0.4, 0.5) is 11.4 Å². The molecule has 0 radical (unpaired) electrons. The molecule has 3 rings (SSSR count). The molecule has 1 heterocycles. The topological polar surface area (TPSA) is 92.8 Å². The van der Waals surface area contributed by atoms with Gasteiger partial charge >= 0.3 is 5.97 Å². The van der Waals surface area contributed by atoms with Crippen LogP contribution in [-0.4, -0.2) is 39.1 Å². The molecule has 8 heteroatoms. The highest BCUT2D eigenvalue weighted by Gasteiger charge is 2.27. The first-order chi connectivity index (χ1) is 12.8. The average molecular weight is 388 g/mol. The van der Waals surface area contributed by atoms with Crippen molar-refractivity contribution in [1.29, 1.82) is 0 Å². The number of benzene rings is 2. The lowest BCUT2D eigenvalue weighted by Gasteiger charge is -2.29. The SMILES string of the molecule is CCS(=O)(=O)c1ccc2c(c1)OC(=O)CN2CC(=O)Nc1cccc(C)c1. The van der Waals surface area contributed by atoms with Gasteiger partial charge in [0, 0.05) is 11.8 Å². The number of fused-ring (bicyclic) bond motifs is 1. The van der Waals surface area contributed by atoms with Crippen LogP contribution in [0.2, 0.25) is 0 Å². The Morgan fingerprint density at radius 3 is 2.70 bits per heavy atom. The molecule has 2 aromatic carbocycles. The van der Waals surface area contributed by atoms with Gasteiger partial charge in [-0.25, -0.2) is 13.2 Å². The van der Waals surface area contributed by atoms with Crippen LogP contribution in [0.1, 0.15) is 12.5 Å². The van der Waals surface area contributed by atoms with Gasteiger partial charge in [0.1, 0.15) is 6.54 Å². The number of sulfone groups is 1. The van der Waals surface area contributed by atoms with Crippen molar-refractivity contribution >= 4 is 33.1 Å². The molecule has 27 heavy (non-hydrogen) atoms. The number of hydrogen-bond acceptors (Lipinski definition) is 6. The van der Waals surface area contributed by atoms with E-state index in [-0.39, 0.29) is 35.4 Å². The van der Waals surface area contributed by atoms with E-state index in [1.807, 2.05) is 25.1 Å². The van der Waals surface area contributed by atoms with Crippen LogP contribution in [0, 0.1) is 6.92 Å². The monoisotopic (exact) mass is 388 g/mol. The van der Waals surface area contributed by atoms with Gasteiger partial charge < -0.3 is 15.0 Å². The van der Waals surface area contributed by atoms with Crippen LogP contribution in [0.5, 0.6) is 5.75 Å². The fraction of sp³-hybridized carbons (Fsp3) is 0.263. The Morgan fingerprint density at radius 2 is 2.00 bits per heavy atom. The predicted molar refractivity (Wildman–Crippen MR) is 102 cm³/mol. The summed E-state index contributed by atoms with van der Waals surface area (Å²) < 4.78 is 29.3. The van der Waals surface area contributed by atoms with Crippen molar-refractivity contribution < 1.29 is 22.7 Å². The molecule has 0 saturated heterocycles. The molecule has 0 saturated carbocycles. The lowest BCUT2D eigenvalue weighted by Crippen LogP contribution is -2.41. The van der Waals surface area contributed by atoms with Gasteiger partial charge in [0.15, 0.2) is 15.6 Å². The zero-order valence-corrected chi connectivity index (χ0v) is 15.9. The first-order valence-corrected chi connectivity index (χ1v) is 10.1. The molecular weight excluding hydrogens is 368 g/mol. The zero-order valence-electron chi connectivity index (χ0n) is 15.1. The molecule has 0 bridgehead atoms. The third kappa shape index (κ3) is 4.28. The van der Waals surface area contributed by atoms with E-state index < -0.39 is 15.8 Å². The summed E-state index contributed by atoms with van der Waals surface area (Å²) in [7, 11) is -3.42. The van der Waals surface area contributed by atoms with E-state index in [0.29, 0.717) is 11.4 Å². The van der Waals surface area contributed by atoms with Crippen LogP contribution in [0.3, 0.4) is 0 Å². The van der Waals surface area contributed by atoms with Crippen molar-refractivity contribution in [1.82, 2.24) is 0 Å². The van der Waals surface area contributed by atoms with Crippen LogP contribution in [-0.2, 0) is 19.4 Å². The third-order valence-corrected chi connectivity index (χ3v) is 5.92. The van der Waals surface area contributed by atoms with Crippen LogP contribution in [0.15, 0.2) is 47.4 Å². The minimum atomic E-state index is -3.42. The number of nitrogens with zero attached hydrogens (tertiary/aromatic N) is 1. The summed E-state index contributed by atoms with van der Waals surface area (Å²) in [5.41, 5.74) is 2.19. The first kappa shape index (κ1) is 18.9. The zero-order chi connectivity index (χ0) is 19.6. The maximum absolute atomic E-state index is 12.4. The second kappa shape index (κ2) is 7.40. The highest BCUT2D eigenvalue weighted by Crippen LogP contribution is 2.34. The minimum Gasteiger partial charge on any atom is -0.423 e. The molecule has 0 unspecified atom stereocenters. The summed E-state index contributed by atoms with van der Waals surface area (Å²) >= 11 is 0. The van der Waals surface area contributed by atoms with Gasteiger partial charge in [-0.3, -0.25) is 4.79 Å². The molecule has 142 valence electrons. The number of esters is 1. The van der Waals surface area contributed by atoms with Crippen molar-refractivity contribution in [3.05, 3.63) is 48.0 Å². The lowest BCUT2D eigenvalue weighted by atomic mass is 10.2. The number of carbonyl (C=O) groups is 2. The molecule has 1 amide bonds. The molecule has 0 atom stereocenters. The summed E-state index contributed by atoms with van der Waals surface area (Å²) in [5.74, 6) is -0.741. The van der Waals surface area contributed by atoms with Gasteiger partial charge in [-0.15, -0.1) is 0 Å². The van der Waals surface area contributed by atoms with Crippen molar-refractivity contribution in [2.75, 3.05) is 29.1 Å². The number of rotatable bonds is 5. The number of amides is 1. The second-order valence-electron chi connectivity index (χ2n) is 6.28. The average Bonchev–Trinajstić information content (AvgIpc) is 2.61. The molecule has 1 aliphatic heterocycles. The standard InChI is InChI=1S/C19H20N2O5S/c1-3-27(24,25)15-7-8-16-17(10-15)26-19(23)12-21(16)11-18(22)20-14-6-4-5-13(2)9-14/h4-10H,3,11-12H2,1-2H3,(H,20,22). The van der Waals surface area contributed by atoms with E-state index in [1.165, 1.54) is 12.1 Å². The van der Waals surface area contributed by atoms with E-state index in [4.69, 9.17) is 4.74 Å².